The van der Waals surface area contributed by atoms with Crippen molar-refractivity contribution < 1.29 is 5.11 Å². The molecule has 0 fully saturated rings. The molecule has 1 atom stereocenters. The van der Waals surface area contributed by atoms with Crippen molar-refractivity contribution in [3.63, 3.8) is 0 Å². The predicted octanol–water partition coefficient (Wildman–Crippen LogP) is 4.50. The van der Waals surface area contributed by atoms with Gasteiger partial charge in [0.2, 0.25) is 0 Å². The maximum atomic E-state index is 12.4. The van der Waals surface area contributed by atoms with Gasteiger partial charge in [0, 0.05) is 0 Å². The molecule has 1 radical (unpaired) electrons. The highest BCUT2D eigenvalue weighted by Crippen LogP contribution is 2.31. The van der Waals surface area contributed by atoms with E-state index in [2.05, 4.69) is 32.9 Å². The molecule has 0 aliphatic rings. The summed E-state index contributed by atoms with van der Waals surface area (Å²) in [4.78, 5) is 0. The molecule has 0 bridgehead atoms. The first-order valence-corrected chi connectivity index (χ1v) is 6.85. The van der Waals surface area contributed by atoms with E-state index in [-0.39, 0.29) is 5.92 Å². The van der Waals surface area contributed by atoms with Gasteiger partial charge in [0.25, 0.3) is 0 Å². The van der Waals surface area contributed by atoms with Gasteiger partial charge in [0.15, 0.2) is 0 Å². The zero-order valence-corrected chi connectivity index (χ0v) is 11.8. The fourth-order valence-electron chi connectivity index (χ4n) is 2.34. The summed E-state index contributed by atoms with van der Waals surface area (Å²) >= 11 is 0. The topological polar surface area (TPSA) is 19.9 Å². The van der Waals surface area contributed by atoms with Gasteiger partial charge in [0.1, 0.15) is 6.10 Å². The standard InChI is InChI=1S/C16H25O/c1-6-12-9-13(7-2)15(14(8-3)10-12)16(17)11(4)5/h9-11,16H,6-8H2,1-5H3. The molecule has 1 unspecified atom stereocenters. The van der Waals surface area contributed by atoms with Gasteiger partial charge in [-0.05, 0) is 47.4 Å². The SMILES string of the molecule is CCc1cc(CC)c(C([O])C(C)C)c(CC)c1. The van der Waals surface area contributed by atoms with Gasteiger partial charge in [-0.25, -0.2) is 5.11 Å². The summed E-state index contributed by atoms with van der Waals surface area (Å²) in [5.74, 6) is 0.165. The van der Waals surface area contributed by atoms with Gasteiger partial charge in [-0.2, -0.15) is 0 Å². The van der Waals surface area contributed by atoms with Crippen LogP contribution in [0, 0.1) is 5.92 Å². The molecule has 0 aliphatic carbocycles. The maximum Gasteiger partial charge on any atom is 0.121 e. The van der Waals surface area contributed by atoms with Gasteiger partial charge in [-0.3, -0.25) is 0 Å². The molecular formula is C16H25O. The van der Waals surface area contributed by atoms with Crippen LogP contribution in [0.1, 0.15) is 63.0 Å². The lowest BCUT2D eigenvalue weighted by Crippen LogP contribution is -2.11. The quantitative estimate of drug-likeness (QED) is 0.713. The molecular weight excluding hydrogens is 208 g/mol. The minimum absolute atomic E-state index is 0.165. The highest BCUT2D eigenvalue weighted by molar-refractivity contribution is 5.41. The fraction of sp³-hybridized carbons (Fsp3) is 0.625. The minimum Gasteiger partial charge on any atom is -0.228 e. The Kier molecular flexibility index (Phi) is 5.20. The van der Waals surface area contributed by atoms with Crippen LogP contribution in [0.3, 0.4) is 0 Å². The van der Waals surface area contributed by atoms with Crippen molar-refractivity contribution in [2.45, 2.75) is 60.0 Å². The van der Waals surface area contributed by atoms with E-state index in [9.17, 15) is 5.11 Å². The molecule has 0 saturated carbocycles. The number of aryl methyl sites for hydroxylation is 3. The first-order chi connectivity index (χ1) is 8.04. The third-order valence-electron chi connectivity index (χ3n) is 3.47. The zero-order valence-electron chi connectivity index (χ0n) is 11.8. The van der Waals surface area contributed by atoms with Crippen molar-refractivity contribution in [1.82, 2.24) is 0 Å². The first-order valence-electron chi connectivity index (χ1n) is 6.85. The molecule has 0 heterocycles. The van der Waals surface area contributed by atoms with E-state index < -0.39 is 6.10 Å². The minimum atomic E-state index is -0.578. The number of rotatable bonds is 5. The molecule has 17 heavy (non-hydrogen) atoms. The van der Waals surface area contributed by atoms with Crippen molar-refractivity contribution in [2.24, 2.45) is 5.92 Å². The lowest BCUT2D eigenvalue weighted by atomic mass is 9.86. The Balaban J connectivity index is 3.34. The van der Waals surface area contributed by atoms with E-state index in [1.165, 1.54) is 16.7 Å². The zero-order chi connectivity index (χ0) is 13.0. The molecule has 1 aromatic carbocycles. The molecule has 0 N–H and O–H groups in total. The summed E-state index contributed by atoms with van der Waals surface area (Å²) in [6.07, 6.45) is 2.39. The molecule has 0 aliphatic heterocycles. The van der Waals surface area contributed by atoms with E-state index in [0.717, 1.165) is 24.8 Å². The largest absolute Gasteiger partial charge is 0.228 e. The Morgan fingerprint density at radius 3 is 1.71 bits per heavy atom. The molecule has 0 saturated heterocycles. The van der Waals surface area contributed by atoms with Crippen LogP contribution < -0.4 is 0 Å². The second-order valence-corrected chi connectivity index (χ2v) is 5.05. The molecule has 0 spiro atoms. The molecule has 0 amide bonds. The molecule has 0 aromatic heterocycles. The van der Waals surface area contributed by atoms with Crippen LogP contribution in [0.15, 0.2) is 12.1 Å². The van der Waals surface area contributed by atoms with Crippen LogP contribution in [0.5, 0.6) is 0 Å². The predicted molar refractivity (Wildman–Crippen MR) is 72.8 cm³/mol. The third kappa shape index (κ3) is 3.10. The average molecular weight is 233 g/mol. The second kappa shape index (κ2) is 6.20. The third-order valence-corrected chi connectivity index (χ3v) is 3.47. The molecule has 95 valence electrons. The van der Waals surface area contributed by atoms with E-state index in [1.54, 1.807) is 0 Å². The van der Waals surface area contributed by atoms with Crippen LogP contribution in [0.25, 0.3) is 0 Å². The van der Waals surface area contributed by atoms with Crippen LogP contribution in [-0.2, 0) is 24.4 Å². The highest BCUT2D eigenvalue weighted by atomic mass is 16.3. The van der Waals surface area contributed by atoms with Crippen molar-refractivity contribution in [3.05, 3.63) is 34.4 Å². The van der Waals surface area contributed by atoms with E-state index in [0.29, 0.717) is 0 Å². The second-order valence-electron chi connectivity index (χ2n) is 5.05. The Bertz CT molecular complexity index is 341. The van der Waals surface area contributed by atoms with Gasteiger partial charge in [-0.1, -0.05) is 46.8 Å². The smallest absolute Gasteiger partial charge is 0.121 e. The van der Waals surface area contributed by atoms with Crippen molar-refractivity contribution in [1.29, 1.82) is 0 Å². The normalized spacial score (nSPS) is 13.1. The Morgan fingerprint density at radius 1 is 0.941 bits per heavy atom. The number of hydrogen-bond donors (Lipinski definition) is 0. The molecule has 1 aromatic rings. The van der Waals surface area contributed by atoms with Gasteiger partial charge >= 0.3 is 0 Å². The van der Waals surface area contributed by atoms with Gasteiger partial charge in [-0.15, -0.1) is 0 Å². The summed E-state index contributed by atoms with van der Waals surface area (Å²) in [5, 5.41) is 12.4. The van der Waals surface area contributed by atoms with Gasteiger partial charge in [0.05, 0.1) is 0 Å². The lowest BCUT2D eigenvalue weighted by molar-refractivity contribution is 0.0474. The molecule has 1 rings (SSSR count). The van der Waals surface area contributed by atoms with E-state index >= 15 is 0 Å². The Labute approximate surface area is 106 Å². The average Bonchev–Trinajstić information content (AvgIpc) is 2.35. The van der Waals surface area contributed by atoms with Crippen LogP contribution >= 0.6 is 0 Å². The van der Waals surface area contributed by atoms with E-state index in [4.69, 9.17) is 0 Å². The summed E-state index contributed by atoms with van der Waals surface area (Å²) in [6, 6.07) is 4.45. The van der Waals surface area contributed by atoms with Crippen LogP contribution in [0.4, 0.5) is 0 Å². The summed E-state index contributed by atoms with van der Waals surface area (Å²) in [5.41, 5.74) is 4.95. The molecule has 1 heteroatoms. The summed E-state index contributed by atoms with van der Waals surface area (Å²) < 4.78 is 0. The van der Waals surface area contributed by atoms with Crippen molar-refractivity contribution in [2.75, 3.05) is 0 Å². The monoisotopic (exact) mass is 233 g/mol. The summed E-state index contributed by atoms with van der Waals surface area (Å²) in [6.45, 7) is 10.5. The molecule has 1 nitrogen and oxygen atoms in total. The lowest BCUT2D eigenvalue weighted by Gasteiger charge is -2.21. The Hall–Kier alpha value is -0.820. The van der Waals surface area contributed by atoms with E-state index in [1.807, 2.05) is 13.8 Å². The first kappa shape index (κ1) is 14.2. The van der Waals surface area contributed by atoms with Crippen molar-refractivity contribution in [3.8, 4) is 0 Å². The fourth-order valence-corrected chi connectivity index (χ4v) is 2.34. The van der Waals surface area contributed by atoms with Crippen LogP contribution in [-0.4, -0.2) is 0 Å². The number of hydrogen-bond acceptors (Lipinski definition) is 0. The summed E-state index contributed by atoms with van der Waals surface area (Å²) in [7, 11) is 0. The Morgan fingerprint density at radius 2 is 1.41 bits per heavy atom. The van der Waals surface area contributed by atoms with Gasteiger partial charge < -0.3 is 0 Å². The van der Waals surface area contributed by atoms with Crippen LogP contribution in [0.2, 0.25) is 0 Å². The highest BCUT2D eigenvalue weighted by Gasteiger charge is 2.20. The number of benzene rings is 1. The maximum absolute atomic E-state index is 12.4. The van der Waals surface area contributed by atoms with Crippen molar-refractivity contribution >= 4 is 0 Å².